The van der Waals surface area contributed by atoms with Crippen molar-refractivity contribution in [2.24, 2.45) is 0 Å². The Labute approximate surface area is 189 Å². The molecule has 7 nitrogen and oxygen atoms in total. The van der Waals surface area contributed by atoms with Gasteiger partial charge in [0, 0.05) is 0 Å². The molecule has 0 aliphatic rings. The normalized spacial score (nSPS) is 12.1. The summed E-state index contributed by atoms with van der Waals surface area (Å²) in [6.07, 6.45) is -0.804. The standard InChI is InChI=1S/C26H20N6O/c33-26(19-11-3-1-4-12-19,20-13-5-2-6-14-20)25(31-23-17-9-7-15-21(23)27-29-31)32-24-18-10-8-16-22(24)28-30-32/h1-18,25,33H. The molecule has 0 bridgehead atoms. The first-order valence-corrected chi connectivity index (χ1v) is 10.7. The van der Waals surface area contributed by atoms with E-state index in [-0.39, 0.29) is 0 Å². The minimum atomic E-state index is -1.53. The predicted octanol–water partition coefficient (Wildman–Crippen LogP) is 4.16. The van der Waals surface area contributed by atoms with Gasteiger partial charge in [-0.3, -0.25) is 0 Å². The summed E-state index contributed by atoms with van der Waals surface area (Å²) in [6.45, 7) is 0. The number of aliphatic hydroxyl groups is 1. The lowest BCUT2D eigenvalue weighted by Gasteiger charge is -2.37. The van der Waals surface area contributed by atoms with Gasteiger partial charge in [-0.25, -0.2) is 9.36 Å². The molecule has 2 heterocycles. The molecule has 6 rings (SSSR count). The Morgan fingerprint density at radius 2 is 0.939 bits per heavy atom. The van der Waals surface area contributed by atoms with Gasteiger partial charge in [-0.05, 0) is 35.4 Å². The third kappa shape index (κ3) is 3.01. The fourth-order valence-corrected chi connectivity index (χ4v) is 4.44. The minimum absolute atomic E-state index is 0.709. The number of fused-ring (bicyclic) bond motifs is 2. The van der Waals surface area contributed by atoms with Crippen LogP contribution in [-0.2, 0) is 5.60 Å². The molecule has 4 aromatic carbocycles. The summed E-state index contributed by atoms with van der Waals surface area (Å²) in [7, 11) is 0. The van der Waals surface area contributed by atoms with Gasteiger partial charge in [-0.1, -0.05) is 95.4 Å². The molecular formula is C26H20N6O. The molecule has 1 N–H and O–H groups in total. The Morgan fingerprint density at radius 1 is 0.545 bits per heavy atom. The fraction of sp³-hybridized carbons (Fsp3) is 0.0769. The SMILES string of the molecule is OC(c1ccccc1)(c1ccccc1)C(n1nnc2ccccc21)n1nnc2ccccc21. The molecule has 0 unspecified atom stereocenters. The molecule has 0 aliphatic heterocycles. The van der Waals surface area contributed by atoms with Gasteiger partial charge in [0.25, 0.3) is 0 Å². The zero-order chi connectivity index (χ0) is 22.3. The maximum absolute atomic E-state index is 12.7. The van der Waals surface area contributed by atoms with Gasteiger partial charge in [0.15, 0.2) is 11.8 Å². The largest absolute Gasteiger partial charge is 0.376 e. The second kappa shape index (κ2) is 7.65. The Hall–Kier alpha value is -4.36. The van der Waals surface area contributed by atoms with Crippen LogP contribution in [0.4, 0.5) is 0 Å². The third-order valence-corrected chi connectivity index (χ3v) is 6.02. The van der Waals surface area contributed by atoms with Crippen molar-refractivity contribution < 1.29 is 5.11 Å². The van der Waals surface area contributed by atoms with E-state index in [0.29, 0.717) is 11.1 Å². The molecule has 0 radical (unpaired) electrons. The van der Waals surface area contributed by atoms with Gasteiger partial charge in [0.1, 0.15) is 11.0 Å². The highest BCUT2D eigenvalue weighted by atomic mass is 16.3. The third-order valence-electron chi connectivity index (χ3n) is 6.02. The molecule has 2 aromatic heterocycles. The van der Waals surface area contributed by atoms with E-state index in [0.717, 1.165) is 22.1 Å². The maximum Gasteiger partial charge on any atom is 0.185 e. The molecule has 0 fully saturated rings. The van der Waals surface area contributed by atoms with Crippen LogP contribution in [0.25, 0.3) is 22.1 Å². The summed E-state index contributed by atoms with van der Waals surface area (Å²) in [6, 6.07) is 34.6. The van der Waals surface area contributed by atoms with E-state index < -0.39 is 11.8 Å². The molecule has 33 heavy (non-hydrogen) atoms. The number of para-hydroxylation sites is 2. The van der Waals surface area contributed by atoms with Crippen molar-refractivity contribution in [2.45, 2.75) is 11.8 Å². The Balaban J connectivity index is 1.72. The molecule has 160 valence electrons. The molecular weight excluding hydrogens is 412 g/mol. The van der Waals surface area contributed by atoms with Crippen molar-refractivity contribution >= 4 is 22.1 Å². The monoisotopic (exact) mass is 432 g/mol. The highest BCUT2D eigenvalue weighted by molar-refractivity contribution is 5.76. The first-order chi connectivity index (χ1) is 16.3. The molecule has 0 atom stereocenters. The number of benzene rings is 4. The maximum atomic E-state index is 12.7. The molecule has 0 amide bonds. The fourth-order valence-electron chi connectivity index (χ4n) is 4.44. The van der Waals surface area contributed by atoms with Crippen molar-refractivity contribution in [3.63, 3.8) is 0 Å². The van der Waals surface area contributed by atoms with Crippen molar-refractivity contribution in [1.29, 1.82) is 0 Å². The van der Waals surface area contributed by atoms with Crippen LogP contribution in [-0.4, -0.2) is 35.1 Å². The molecule has 7 heteroatoms. The van der Waals surface area contributed by atoms with E-state index >= 15 is 0 Å². The summed E-state index contributed by atoms with van der Waals surface area (Å²) < 4.78 is 3.47. The topological polar surface area (TPSA) is 81.6 Å². The lowest BCUT2D eigenvalue weighted by molar-refractivity contribution is 0.000574. The average Bonchev–Trinajstić information content (AvgIpc) is 3.50. The van der Waals surface area contributed by atoms with Gasteiger partial charge in [0.05, 0.1) is 11.0 Å². The highest BCUT2D eigenvalue weighted by Crippen LogP contribution is 2.42. The zero-order valence-corrected chi connectivity index (χ0v) is 17.6. The van der Waals surface area contributed by atoms with Crippen LogP contribution in [0.2, 0.25) is 0 Å². The van der Waals surface area contributed by atoms with Crippen molar-refractivity contribution in [1.82, 2.24) is 30.0 Å². The Morgan fingerprint density at radius 3 is 1.39 bits per heavy atom. The second-order valence-corrected chi connectivity index (χ2v) is 7.92. The van der Waals surface area contributed by atoms with E-state index in [4.69, 9.17) is 0 Å². The minimum Gasteiger partial charge on any atom is -0.376 e. The number of aromatic nitrogens is 6. The van der Waals surface area contributed by atoms with Crippen LogP contribution in [0, 0.1) is 0 Å². The predicted molar refractivity (Wildman–Crippen MR) is 125 cm³/mol. The first kappa shape index (κ1) is 19.3. The van der Waals surface area contributed by atoms with Crippen LogP contribution in [0.15, 0.2) is 109 Å². The van der Waals surface area contributed by atoms with Gasteiger partial charge in [-0.2, -0.15) is 0 Å². The molecule has 0 saturated carbocycles. The first-order valence-electron chi connectivity index (χ1n) is 10.7. The molecule has 0 spiro atoms. The van der Waals surface area contributed by atoms with Crippen molar-refractivity contribution in [3.05, 3.63) is 120 Å². The van der Waals surface area contributed by atoms with Crippen LogP contribution in [0.5, 0.6) is 0 Å². The smallest absolute Gasteiger partial charge is 0.185 e. The average molecular weight is 432 g/mol. The molecule has 6 aromatic rings. The summed E-state index contributed by atoms with van der Waals surface area (Å²) in [4.78, 5) is 0. The van der Waals surface area contributed by atoms with E-state index in [1.54, 1.807) is 9.36 Å². The van der Waals surface area contributed by atoms with Gasteiger partial charge < -0.3 is 5.11 Å². The van der Waals surface area contributed by atoms with Crippen LogP contribution < -0.4 is 0 Å². The lowest BCUT2D eigenvalue weighted by Crippen LogP contribution is -2.43. The number of rotatable bonds is 5. The van der Waals surface area contributed by atoms with Crippen molar-refractivity contribution in [2.75, 3.05) is 0 Å². The Bertz CT molecular complexity index is 1430. The zero-order valence-electron chi connectivity index (χ0n) is 17.6. The Kier molecular flexibility index (Phi) is 4.48. The number of nitrogens with zero attached hydrogens (tertiary/aromatic N) is 6. The van der Waals surface area contributed by atoms with Crippen LogP contribution in [0.1, 0.15) is 17.3 Å². The molecule has 0 saturated heterocycles. The lowest BCUT2D eigenvalue weighted by atomic mass is 9.83. The summed E-state index contributed by atoms with van der Waals surface area (Å²) in [5.41, 5.74) is 2.92. The van der Waals surface area contributed by atoms with Crippen LogP contribution in [0.3, 0.4) is 0 Å². The van der Waals surface area contributed by atoms with Crippen LogP contribution >= 0.6 is 0 Å². The summed E-state index contributed by atoms with van der Waals surface area (Å²) >= 11 is 0. The van der Waals surface area contributed by atoms with E-state index in [9.17, 15) is 5.11 Å². The van der Waals surface area contributed by atoms with E-state index in [1.807, 2.05) is 109 Å². The van der Waals surface area contributed by atoms with Crippen molar-refractivity contribution in [3.8, 4) is 0 Å². The molecule has 0 aliphatic carbocycles. The van der Waals surface area contributed by atoms with Gasteiger partial charge in [0.2, 0.25) is 0 Å². The number of hydrogen-bond donors (Lipinski definition) is 1. The second-order valence-electron chi connectivity index (χ2n) is 7.92. The summed E-state index contributed by atoms with van der Waals surface area (Å²) in [5.74, 6) is 0. The van der Waals surface area contributed by atoms with E-state index in [1.165, 1.54) is 0 Å². The van der Waals surface area contributed by atoms with Gasteiger partial charge >= 0.3 is 0 Å². The number of hydrogen-bond acceptors (Lipinski definition) is 5. The van der Waals surface area contributed by atoms with E-state index in [2.05, 4.69) is 20.6 Å². The summed E-state index contributed by atoms with van der Waals surface area (Å²) in [5, 5.41) is 30.4. The van der Waals surface area contributed by atoms with Gasteiger partial charge in [-0.15, -0.1) is 10.2 Å². The highest BCUT2D eigenvalue weighted by Gasteiger charge is 2.45. The quantitative estimate of drug-likeness (QED) is 0.442.